The van der Waals surface area contributed by atoms with Gasteiger partial charge >= 0.3 is 0 Å². The average molecular weight is 397 g/mol. The van der Waals surface area contributed by atoms with Crippen LogP contribution in [0.15, 0.2) is 42.6 Å². The summed E-state index contributed by atoms with van der Waals surface area (Å²) in [5.74, 6) is 0.953. The topological polar surface area (TPSA) is 52.2 Å². The molecule has 0 saturated carbocycles. The number of nitrogens with one attached hydrogen (secondary N) is 1. The minimum absolute atomic E-state index is 0.0530. The van der Waals surface area contributed by atoms with E-state index in [0.717, 1.165) is 29.8 Å². The van der Waals surface area contributed by atoms with Gasteiger partial charge in [0.2, 0.25) is 0 Å². The zero-order chi connectivity index (χ0) is 19.9. The number of amides is 1. The van der Waals surface area contributed by atoms with Crippen LogP contribution in [0, 0.1) is 0 Å². The Morgan fingerprint density at radius 1 is 1.07 bits per heavy atom. The largest absolute Gasteiger partial charge is 0.353 e. The van der Waals surface area contributed by atoms with Gasteiger partial charge in [0.05, 0.1) is 5.02 Å². The van der Waals surface area contributed by atoms with Gasteiger partial charge in [0.1, 0.15) is 11.5 Å². The third-order valence-electron chi connectivity index (χ3n) is 5.32. The minimum Gasteiger partial charge on any atom is -0.353 e. The summed E-state index contributed by atoms with van der Waals surface area (Å²) >= 11 is 5.91. The number of carbonyl (C=O) groups excluding carboxylic acids is 1. The summed E-state index contributed by atoms with van der Waals surface area (Å²) < 4.78 is 0. The Bertz CT molecular complexity index is 996. The fourth-order valence-corrected chi connectivity index (χ4v) is 3.68. The zero-order valence-electron chi connectivity index (χ0n) is 16.5. The Hall–Kier alpha value is -2.53. The number of aromatic nitrogens is 2. The first-order valence-corrected chi connectivity index (χ1v) is 9.98. The van der Waals surface area contributed by atoms with E-state index in [2.05, 4.69) is 53.8 Å². The maximum atomic E-state index is 13.0. The molecule has 0 unspecified atom stereocenters. The van der Waals surface area contributed by atoms with Gasteiger partial charge in [-0.25, -0.2) is 4.98 Å². The first-order valence-electron chi connectivity index (χ1n) is 9.60. The van der Waals surface area contributed by atoms with Crippen LogP contribution >= 0.6 is 11.6 Å². The standard InChI is InChI=1S/C22H25ClN4O/c1-22(2,3)16-5-4-15-12-19(25-18(15)13-16)21(28)27-10-8-26(9-11-27)20-7-6-17(23)14-24-20/h4-7,12-14,25H,8-11H2,1-3H3. The SMILES string of the molecule is CC(C)(C)c1ccc2cc(C(=O)N3CCN(c4ccc(Cl)cn4)CC3)[nH]c2c1. The van der Waals surface area contributed by atoms with Gasteiger partial charge in [-0.2, -0.15) is 0 Å². The van der Waals surface area contributed by atoms with Crippen molar-refractivity contribution in [2.75, 3.05) is 31.1 Å². The van der Waals surface area contributed by atoms with Crippen molar-refractivity contribution in [3.63, 3.8) is 0 Å². The molecule has 1 amide bonds. The molecular formula is C22H25ClN4O. The summed E-state index contributed by atoms with van der Waals surface area (Å²) in [7, 11) is 0. The van der Waals surface area contributed by atoms with Gasteiger partial charge in [0.15, 0.2) is 0 Å². The lowest BCUT2D eigenvalue weighted by Crippen LogP contribution is -2.49. The molecule has 0 atom stereocenters. The number of halogens is 1. The molecule has 146 valence electrons. The van der Waals surface area contributed by atoms with Gasteiger partial charge < -0.3 is 14.8 Å². The van der Waals surface area contributed by atoms with Crippen LogP contribution in [0.25, 0.3) is 10.9 Å². The number of nitrogens with zero attached hydrogens (tertiary/aromatic N) is 3. The second-order valence-electron chi connectivity index (χ2n) is 8.35. The van der Waals surface area contributed by atoms with E-state index in [-0.39, 0.29) is 11.3 Å². The Labute approximate surface area is 170 Å². The van der Waals surface area contributed by atoms with Gasteiger partial charge in [-0.1, -0.05) is 44.5 Å². The van der Waals surface area contributed by atoms with Crippen LogP contribution in [0.4, 0.5) is 5.82 Å². The summed E-state index contributed by atoms with van der Waals surface area (Å²) in [6.45, 7) is 9.44. The Balaban J connectivity index is 1.47. The number of rotatable bonds is 2. The van der Waals surface area contributed by atoms with Crippen LogP contribution in [0.5, 0.6) is 0 Å². The summed E-state index contributed by atoms with van der Waals surface area (Å²) in [4.78, 5) is 24.8. The van der Waals surface area contributed by atoms with E-state index in [1.54, 1.807) is 6.20 Å². The molecule has 1 aliphatic rings. The first-order chi connectivity index (χ1) is 13.3. The predicted octanol–water partition coefficient (Wildman–Crippen LogP) is 4.48. The molecule has 0 aliphatic carbocycles. The van der Waals surface area contributed by atoms with Gasteiger partial charge in [0, 0.05) is 43.3 Å². The van der Waals surface area contributed by atoms with Crippen LogP contribution in [-0.2, 0) is 5.41 Å². The zero-order valence-corrected chi connectivity index (χ0v) is 17.3. The molecule has 5 nitrogen and oxygen atoms in total. The molecule has 4 rings (SSSR count). The molecule has 6 heteroatoms. The highest BCUT2D eigenvalue weighted by Crippen LogP contribution is 2.27. The van der Waals surface area contributed by atoms with Crippen molar-refractivity contribution < 1.29 is 4.79 Å². The molecule has 2 aromatic heterocycles. The summed E-state index contributed by atoms with van der Waals surface area (Å²) in [5, 5.41) is 1.70. The Kier molecular flexibility index (Phi) is 4.79. The minimum atomic E-state index is 0.0530. The fourth-order valence-electron chi connectivity index (χ4n) is 3.57. The molecule has 3 aromatic rings. The van der Waals surface area contributed by atoms with E-state index in [9.17, 15) is 4.79 Å². The van der Waals surface area contributed by atoms with E-state index >= 15 is 0 Å². The van der Waals surface area contributed by atoms with Gasteiger partial charge in [0.25, 0.3) is 5.91 Å². The third kappa shape index (κ3) is 3.72. The van der Waals surface area contributed by atoms with Gasteiger partial charge in [-0.3, -0.25) is 4.79 Å². The number of hydrogen-bond donors (Lipinski definition) is 1. The number of pyridine rings is 1. The molecule has 1 N–H and O–H groups in total. The van der Waals surface area contributed by atoms with E-state index in [1.165, 1.54) is 5.56 Å². The highest BCUT2D eigenvalue weighted by atomic mass is 35.5. The van der Waals surface area contributed by atoms with Crippen molar-refractivity contribution in [2.45, 2.75) is 26.2 Å². The number of hydrogen-bond acceptors (Lipinski definition) is 3. The summed E-state index contributed by atoms with van der Waals surface area (Å²) in [6, 6.07) is 12.1. The fraction of sp³-hybridized carbons (Fsp3) is 0.364. The van der Waals surface area contributed by atoms with Crippen LogP contribution in [-0.4, -0.2) is 47.0 Å². The summed E-state index contributed by atoms with van der Waals surface area (Å²) in [6.07, 6.45) is 1.66. The van der Waals surface area contributed by atoms with E-state index in [4.69, 9.17) is 11.6 Å². The third-order valence-corrected chi connectivity index (χ3v) is 5.55. The van der Waals surface area contributed by atoms with Crippen LogP contribution in [0.1, 0.15) is 36.8 Å². The molecular weight excluding hydrogens is 372 g/mol. The lowest BCUT2D eigenvalue weighted by Gasteiger charge is -2.35. The number of anilines is 1. The molecule has 0 radical (unpaired) electrons. The van der Waals surface area contributed by atoms with Crippen molar-refractivity contribution in [1.82, 2.24) is 14.9 Å². The highest BCUT2D eigenvalue weighted by Gasteiger charge is 2.24. The van der Waals surface area contributed by atoms with E-state index < -0.39 is 0 Å². The number of aromatic amines is 1. The molecule has 1 fully saturated rings. The lowest BCUT2D eigenvalue weighted by molar-refractivity contribution is 0.0741. The van der Waals surface area contributed by atoms with E-state index in [1.807, 2.05) is 23.1 Å². The predicted molar refractivity (Wildman–Crippen MR) is 114 cm³/mol. The van der Waals surface area contributed by atoms with Crippen LogP contribution < -0.4 is 4.90 Å². The Morgan fingerprint density at radius 2 is 1.82 bits per heavy atom. The van der Waals surface area contributed by atoms with Crippen LogP contribution in [0.3, 0.4) is 0 Å². The van der Waals surface area contributed by atoms with E-state index in [0.29, 0.717) is 23.8 Å². The average Bonchev–Trinajstić information content (AvgIpc) is 3.11. The number of H-pyrrole nitrogens is 1. The van der Waals surface area contributed by atoms with Crippen molar-refractivity contribution in [3.05, 3.63) is 58.9 Å². The van der Waals surface area contributed by atoms with Crippen molar-refractivity contribution in [1.29, 1.82) is 0 Å². The smallest absolute Gasteiger partial charge is 0.270 e. The maximum Gasteiger partial charge on any atom is 0.270 e. The van der Waals surface area contributed by atoms with Crippen molar-refractivity contribution in [2.24, 2.45) is 0 Å². The monoisotopic (exact) mass is 396 g/mol. The quantitative estimate of drug-likeness (QED) is 0.695. The molecule has 1 saturated heterocycles. The van der Waals surface area contributed by atoms with Gasteiger partial charge in [-0.05, 0) is 35.2 Å². The van der Waals surface area contributed by atoms with Crippen molar-refractivity contribution >= 4 is 34.2 Å². The lowest BCUT2D eigenvalue weighted by atomic mass is 9.87. The Morgan fingerprint density at radius 3 is 2.46 bits per heavy atom. The number of benzene rings is 1. The second kappa shape index (κ2) is 7.13. The number of piperazine rings is 1. The molecule has 3 heterocycles. The maximum absolute atomic E-state index is 13.0. The molecule has 1 aliphatic heterocycles. The molecule has 28 heavy (non-hydrogen) atoms. The first kappa shape index (κ1) is 18.8. The highest BCUT2D eigenvalue weighted by molar-refractivity contribution is 6.30. The normalized spacial score (nSPS) is 15.3. The number of carbonyl (C=O) groups is 1. The summed E-state index contributed by atoms with van der Waals surface area (Å²) in [5.41, 5.74) is 3.00. The number of fused-ring (bicyclic) bond motifs is 1. The molecule has 0 spiro atoms. The molecule has 1 aromatic carbocycles. The van der Waals surface area contributed by atoms with Crippen LogP contribution in [0.2, 0.25) is 5.02 Å². The second-order valence-corrected chi connectivity index (χ2v) is 8.79. The molecule has 0 bridgehead atoms. The van der Waals surface area contributed by atoms with Crippen molar-refractivity contribution in [3.8, 4) is 0 Å². The van der Waals surface area contributed by atoms with Gasteiger partial charge in [-0.15, -0.1) is 0 Å².